The first kappa shape index (κ1) is 15.4. The van der Waals surface area contributed by atoms with Gasteiger partial charge in [-0.15, -0.1) is 11.3 Å². The molecule has 2 heterocycles. The van der Waals surface area contributed by atoms with Crippen LogP contribution < -0.4 is 0 Å². The Hall–Kier alpha value is -2.54. The van der Waals surface area contributed by atoms with Crippen LogP contribution in [0.3, 0.4) is 0 Å². The Balaban J connectivity index is 1.85. The first-order chi connectivity index (χ1) is 10.9. The number of fused-ring (bicyclic) bond motifs is 1. The molecule has 23 heavy (non-hydrogen) atoms. The number of aromatic nitrogens is 1. The lowest BCUT2D eigenvalue weighted by atomic mass is 10.1. The maximum atomic E-state index is 12.3. The van der Waals surface area contributed by atoms with Crippen molar-refractivity contribution in [2.45, 2.75) is 26.7 Å². The lowest BCUT2D eigenvalue weighted by Crippen LogP contribution is -2.32. The predicted molar refractivity (Wildman–Crippen MR) is 83.3 cm³/mol. The lowest BCUT2D eigenvalue weighted by molar-refractivity contribution is -0.0581. The third kappa shape index (κ3) is 2.53. The minimum Gasteiger partial charge on any atom is -0.323 e. The van der Waals surface area contributed by atoms with E-state index >= 15 is 0 Å². The van der Waals surface area contributed by atoms with Crippen molar-refractivity contribution in [1.82, 2.24) is 10.0 Å². The van der Waals surface area contributed by atoms with Crippen molar-refractivity contribution in [3.05, 3.63) is 51.0 Å². The molecular formula is C16H14N2O4S. The number of hydrogen-bond donors (Lipinski definition) is 0. The van der Waals surface area contributed by atoms with Gasteiger partial charge in [0.1, 0.15) is 4.88 Å². The second-order valence-corrected chi connectivity index (χ2v) is 6.48. The summed E-state index contributed by atoms with van der Waals surface area (Å²) in [5, 5.41) is 1.32. The number of rotatable bonds is 3. The third-order valence-corrected chi connectivity index (χ3v) is 4.86. The molecule has 0 aliphatic carbocycles. The highest BCUT2D eigenvalue weighted by molar-refractivity contribution is 7.13. The molecule has 0 bridgehead atoms. The van der Waals surface area contributed by atoms with Crippen molar-refractivity contribution < 1.29 is 19.2 Å². The van der Waals surface area contributed by atoms with Crippen LogP contribution in [0.5, 0.6) is 0 Å². The Morgan fingerprint density at radius 2 is 1.74 bits per heavy atom. The van der Waals surface area contributed by atoms with Crippen molar-refractivity contribution >= 4 is 29.1 Å². The molecule has 2 aromatic rings. The fourth-order valence-corrected chi connectivity index (χ4v) is 3.17. The summed E-state index contributed by atoms with van der Waals surface area (Å²) >= 11 is 1.21. The number of carbonyl (C=O) groups is 3. The molecule has 0 fully saturated rings. The summed E-state index contributed by atoms with van der Waals surface area (Å²) in [5.74, 6) is -1.84. The number of imide groups is 1. The SMILES string of the molecule is Cc1nc(C(C)C)sc1C(=O)ON1C(=O)c2ccccc2C1=O. The Kier molecular flexibility index (Phi) is 3.73. The van der Waals surface area contributed by atoms with Gasteiger partial charge < -0.3 is 4.84 Å². The number of hydroxylamine groups is 2. The fourth-order valence-electron chi connectivity index (χ4n) is 2.23. The summed E-state index contributed by atoms with van der Waals surface area (Å²) in [7, 11) is 0. The van der Waals surface area contributed by atoms with Gasteiger partial charge in [-0.1, -0.05) is 31.0 Å². The molecule has 0 N–H and O–H groups in total. The Bertz CT molecular complexity index is 790. The van der Waals surface area contributed by atoms with E-state index in [-0.39, 0.29) is 17.0 Å². The molecule has 1 aliphatic heterocycles. The van der Waals surface area contributed by atoms with E-state index in [0.717, 1.165) is 5.01 Å². The summed E-state index contributed by atoms with van der Waals surface area (Å²) in [6.45, 7) is 5.64. The van der Waals surface area contributed by atoms with Crippen molar-refractivity contribution in [2.75, 3.05) is 0 Å². The van der Waals surface area contributed by atoms with Crippen molar-refractivity contribution in [3.8, 4) is 0 Å². The maximum absolute atomic E-state index is 12.3. The first-order valence-corrected chi connectivity index (χ1v) is 7.89. The van der Waals surface area contributed by atoms with Crippen LogP contribution in [0.25, 0.3) is 0 Å². The zero-order chi connectivity index (χ0) is 16.7. The van der Waals surface area contributed by atoms with E-state index in [2.05, 4.69) is 4.98 Å². The highest BCUT2D eigenvalue weighted by atomic mass is 32.1. The molecule has 1 aromatic heterocycles. The number of aryl methyl sites for hydroxylation is 1. The molecule has 7 heteroatoms. The molecule has 1 aliphatic rings. The number of amides is 2. The van der Waals surface area contributed by atoms with Gasteiger partial charge in [0, 0.05) is 5.92 Å². The van der Waals surface area contributed by atoms with Crippen LogP contribution in [0.2, 0.25) is 0 Å². The van der Waals surface area contributed by atoms with E-state index < -0.39 is 17.8 Å². The quantitative estimate of drug-likeness (QED) is 0.809. The average Bonchev–Trinajstić information content (AvgIpc) is 3.02. The maximum Gasteiger partial charge on any atom is 0.375 e. The molecule has 0 unspecified atom stereocenters. The lowest BCUT2D eigenvalue weighted by Gasteiger charge is -2.11. The van der Waals surface area contributed by atoms with Gasteiger partial charge in [0.05, 0.1) is 21.8 Å². The molecule has 0 spiro atoms. The number of benzene rings is 1. The fraction of sp³-hybridized carbons (Fsp3) is 0.250. The standard InChI is InChI=1S/C16H14N2O4S/c1-8(2)13-17-9(3)12(23-13)16(21)22-18-14(19)10-6-4-5-7-11(10)15(18)20/h4-8H,1-3H3. The highest BCUT2D eigenvalue weighted by Gasteiger charge is 2.39. The van der Waals surface area contributed by atoms with Gasteiger partial charge >= 0.3 is 5.97 Å². The topological polar surface area (TPSA) is 76.6 Å². The molecule has 6 nitrogen and oxygen atoms in total. The Morgan fingerprint density at radius 3 is 2.22 bits per heavy atom. The molecule has 1 aromatic carbocycles. The van der Waals surface area contributed by atoms with Crippen LogP contribution in [-0.2, 0) is 4.84 Å². The van der Waals surface area contributed by atoms with E-state index in [0.29, 0.717) is 15.6 Å². The van der Waals surface area contributed by atoms with Gasteiger partial charge in [-0.05, 0) is 19.1 Å². The van der Waals surface area contributed by atoms with Crippen LogP contribution in [0.15, 0.2) is 24.3 Å². The summed E-state index contributed by atoms with van der Waals surface area (Å²) < 4.78 is 0. The second-order valence-electron chi connectivity index (χ2n) is 5.45. The minimum atomic E-state index is -0.749. The molecular weight excluding hydrogens is 316 g/mol. The van der Waals surface area contributed by atoms with Crippen LogP contribution >= 0.6 is 11.3 Å². The molecule has 118 valence electrons. The van der Waals surface area contributed by atoms with Crippen LogP contribution in [-0.4, -0.2) is 27.8 Å². The van der Waals surface area contributed by atoms with E-state index in [1.54, 1.807) is 19.1 Å². The van der Waals surface area contributed by atoms with E-state index in [4.69, 9.17) is 4.84 Å². The normalized spacial score (nSPS) is 13.7. The summed E-state index contributed by atoms with van der Waals surface area (Å²) in [6, 6.07) is 6.35. The summed E-state index contributed by atoms with van der Waals surface area (Å²) in [4.78, 5) is 46.3. The van der Waals surface area contributed by atoms with Crippen LogP contribution in [0.1, 0.15) is 60.9 Å². The molecule has 3 rings (SSSR count). The van der Waals surface area contributed by atoms with Gasteiger partial charge in [-0.25, -0.2) is 9.78 Å². The van der Waals surface area contributed by atoms with Crippen LogP contribution in [0.4, 0.5) is 0 Å². The van der Waals surface area contributed by atoms with E-state index in [1.807, 2.05) is 13.8 Å². The molecule has 0 saturated heterocycles. The molecule has 2 amide bonds. The largest absolute Gasteiger partial charge is 0.375 e. The molecule has 0 radical (unpaired) electrons. The zero-order valence-corrected chi connectivity index (χ0v) is 13.6. The van der Waals surface area contributed by atoms with Gasteiger partial charge in [-0.2, -0.15) is 0 Å². The monoisotopic (exact) mass is 330 g/mol. The highest BCUT2D eigenvalue weighted by Crippen LogP contribution is 2.27. The Labute approximate surface area is 136 Å². The van der Waals surface area contributed by atoms with Crippen molar-refractivity contribution in [2.24, 2.45) is 0 Å². The first-order valence-electron chi connectivity index (χ1n) is 7.07. The van der Waals surface area contributed by atoms with Crippen LogP contribution in [0, 0.1) is 6.92 Å². The zero-order valence-electron chi connectivity index (χ0n) is 12.8. The number of nitrogens with zero attached hydrogens (tertiary/aromatic N) is 2. The molecule has 0 atom stereocenters. The van der Waals surface area contributed by atoms with Gasteiger partial charge in [0.15, 0.2) is 0 Å². The van der Waals surface area contributed by atoms with Gasteiger partial charge in [0.25, 0.3) is 11.8 Å². The molecule has 0 saturated carbocycles. The predicted octanol–water partition coefficient (Wildman–Crippen LogP) is 2.94. The van der Waals surface area contributed by atoms with Gasteiger partial charge in [0.2, 0.25) is 0 Å². The smallest absolute Gasteiger partial charge is 0.323 e. The van der Waals surface area contributed by atoms with Gasteiger partial charge in [-0.3, -0.25) is 9.59 Å². The number of carbonyl (C=O) groups excluding carboxylic acids is 3. The Morgan fingerprint density at radius 1 is 1.17 bits per heavy atom. The van der Waals surface area contributed by atoms with E-state index in [9.17, 15) is 14.4 Å². The van der Waals surface area contributed by atoms with Crippen molar-refractivity contribution in [1.29, 1.82) is 0 Å². The second kappa shape index (κ2) is 5.58. The third-order valence-electron chi connectivity index (χ3n) is 3.42. The van der Waals surface area contributed by atoms with Crippen molar-refractivity contribution in [3.63, 3.8) is 0 Å². The number of thiazole rings is 1. The number of hydrogen-bond acceptors (Lipinski definition) is 6. The summed E-state index contributed by atoms with van der Waals surface area (Å²) in [5.41, 5.74) is 0.990. The minimum absolute atomic E-state index is 0.180. The summed E-state index contributed by atoms with van der Waals surface area (Å²) in [6.07, 6.45) is 0. The average molecular weight is 330 g/mol. The van der Waals surface area contributed by atoms with E-state index in [1.165, 1.54) is 23.5 Å².